The number of nitrogens with one attached hydrogen (secondary N) is 1. The molecule has 0 unspecified atom stereocenters. The van der Waals surface area contributed by atoms with Crippen LogP contribution in [-0.2, 0) is 10.0 Å². The number of rotatable bonds is 4. The molecule has 3 nitrogen and oxygen atoms in total. The molecule has 0 atom stereocenters. The van der Waals surface area contributed by atoms with Crippen molar-refractivity contribution in [3.05, 3.63) is 29.8 Å². The number of hydrogen-bond donors (Lipinski definition) is 1. The molecule has 1 N–H and O–H groups in total. The summed E-state index contributed by atoms with van der Waals surface area (Å²) in [6.45, 7) is 2.39. The van der Waals surface area contributed by atoms with Gasteiger partial charge in [0.05, 0.1) is 4.90 Å². The van der Waals surface area contributed by atoms with E-state index in [1.807, 2.05) is 6.92 Å². The Kier molecular flexibility index (Phi) is 4.33. The van der Waals surface area contributed by atoms with Crippen LogP contribution in [0.2, 0.25) is 0 Å². The third-order valence-corrected chi connectivity index (χ3v) is 3.73. The molecule has 0 radical (unpaired) electrons. The minimum absolute atomic E-state index is 0.327. The van der Waals surface area contributed by atoms with E-state index in [4.69, 9.17) is 0 Å². The third-order valence-electron chi connectivity index (χ3n) is 1.72. The maximum absolute atomic E-state index is 11.6. The first-order valence-electron chi connectivity index (χ1n) is 4.18. The van der Waals surface area contributed by atoms with Crippen LogP contribution in [0.4, 0.5) is 0 Å². The molecular weight excluding hydrogens is 313 g/mol. The molecule has 0 saturated heterocycles. The van der Waals surface area contributed by atoms with Gasteiger partial charge in [-0.25, -0.2) is 13.1 Å². The molecule has 1 aromatic carbocycles. The fraction of sp³-hybridized carbons (Fsp3) is 0.333. The van der Waals surface area contributed by atoms with Gasteiger partial charge in [-0.15, -0.1) is 0 Å². The van der Waals surface area contributed by atoms with Crippen LogP contribution in [-0.4, -0.2) is 19.4 Å². The van der Waals surface area contributed by atoms with Crippen LogP contribution in [0.5, 0.6) is 0 Å². The number of aryl methyl sites for hydroxylation is 1. The third kappa shape index (κ3) is 3.21. The highest BCUT2D eigenvalue weighted by molar-refractivity contribution is 14.1. The van der Waals surface area contributed by atoms with Crippen molar-refractivity contribution in [2.45, 2.75) is 11.8 Å². The van der Waals surface area contributed by atoms with Crippen LogP contribution in [0.25, 0.3) is 0 Å². The summed E-state index contributed by atoms with van der Waals surface area (Å²) in [5.74, 6) is 0. The summed E-state index contributed by atoms with van der Waals surface area (Å²) >= 11 is 2.13. The standard InChI is InChI=1S/C9H12INO2S/c1-8-2-4-9(5-3-8)14(12,13)11-7-6-10/h2-5,11H,6-7H2,1H3. The SMILES string of the molecule is Cc1ccc(S(=O)(=O)NCCI)cc1. The molecule has 5 heteroatoms. The Morgan fingerprint density at radius 3 is 2.36 bits per heavy atom. The summed E-state index contributed by atoms with van der Waals surface area (Å²) in [6.07, 6.45) is 0. The Morgan fingerprint density at radius 2 is 1.86 bits per heavy atom. The fourth-order valence-corrected chi connectivity index (χ4v) is 2.64. The zero-order chi connectivity index (χ0) is 10.6. The molecule has 0 spiro atoms. The number of alkyl halides is 1. The van der Waals surface area contributed by atoms with Gasteiger partial charge in [-0.3, -0.25) is 0 Å². The van der Waals surface area contributed by atoms with Gasteiger partial charge in [0.25, 0.3) is 0 Å². The van der Waals surface area contributed by atoms with Gasteiger partial charge in [0.15, 0.2) is 0 Å². The van der Waals surface area contributed by atoms with Gasteiger partial charge in [0, 0.05) is 11.0 Å². The van der Waals surface area contributed by atoms with Gasteiger partial charge < -0.3 is 0 Å². The average Bonchev–Trinajstić information content (AvgIpc) is 2.16. The molecule has 0 saturated carbocycles. The van der Waals surface area contributed by atoms with Gasteiger partial charge in [-0.05, 0) is 19.1 Å². The van der Waals surface area contributed by atoms with Gasteiger partial charge in [-0.1, -0.05) is 40.3 Å². The van der Waals surface area contributed by atoms with Crippen LogP contribution in [0, 0.1) is 6.92 Å². The molecule has 1 rings (SSSR count). The molecule has 14 heavy (non-hydrogen) atoms. The molecule has 0 heterocycles. The van der Waals surface area contributed by atoms with Crippen LogP contribution < -0.4 is 4.72 Å². The van der Waals surface area contributed by atoms with E-state index < -0.39 is 10.0 Å². The van der Waals surface area contributed by atoms with Crippen LogP contribution in [0.15, 0.2) is 29.2 Å². The summed E-state index contributed by atoms with van der Waals surface area (Å²) in [5, 5.41) is 0. The largest absolute Gasteiger partial charge is 0.240 e. The van der Waals surface area contributed by atoms with Crippen molar-refractivity contribution < 1.29 is 8.42 Å². The normalized spacial score (nSPS) is 11.6. The predicted molar refractivity (Wildman–Crippen MR) is 65.3 cm³/mol. The van der Waals surface area contributed by atoms with Crippen molar-refractivity contribution >= 4 is 32.6 Å². The van der Waals surface area contributed by atoms with Crippen molar-refractivity contribution in [1.29, 1.82) is 0 Å². The smallest absolute Gasteiger partial charge is 0.210 e. The van der Waals surface area contributed by atoms with E-state index in [-0.39, 0.29) is 0 Å². The van der Waals surface area contributed by atoms with E-state index >= 15 is 0 Å². The lowest BCUT2D eigenvalue weighted by Crippen LogP contribution is -2.25. The summed E-state index contributed by atoms with van der Waals surface area (Å²) in [7, 11) is -3.29. The Morgan fingerprint density at radius 1 is 1.29 bits per heavy atom. The first kappa shape index (κ1) is 11.9. The Balaban J connectivity index is 2.87. The van der Waals surface area contributed by atoms with Crippen molar-refractivity contribution in [2.24, 2.45) is 0 Å². The monoisotopic (exact) mass is 325 g/mol. The lowest BCUT2D eigenvalue weighted by molar-refractivity contribution is 0.584. The van der Waals surface area contributed by atoms with E-state index in [1.54, 1.807) is 24.3 Å². The first-order valence-corrected chi connectivity index (χ1v) is 7.19. The minimum atomic E-state index is -3.29. The predicted octanol–water partition coefficient (Wildman–Crippen LogP) is 1.71. The minimum Gasteiger partial charge on any atom is -0.210 e. The Hall–Kier alpha value is -0.140. The molecule has 0 amide bonds. The lowest BCUT2D eigenvalue weighted by Gasteiger charge is -2.04. The number of benzene rings is 1. The van der Waals surface area contributed by atoms with Crippen molar-refractivity contribution in [1.82, 2.24) is 4.72 Å². The van der Waals surface area contributed by atoms with Gasteiger partial charge in [0.2, 0.25) is 10.0 Å². The zero-order valence-electron chi connectivity index (χ0n) is 7.83. The molecule has 0 aliphatic carbocycles. The highest BCUT2D eigenvalue weighted by Crippen LogP contribution is 2.09. The van der Waals surface area contributed by atoms with E-state index in [0.717, 1.165) is 9.99 Å². The van der Waals surface area contributed by atoms with Crippen molar-refractivity contribution in [3.8, 4) is 0 Å². The topological polar surface area (TPSA) is 46.2 Å². The number of sulfonamides is 1. The fourth-order valence-electron chi connectivity index (χ4n) is 0.974. The lowest BCUT2D eigenvalue weighted by atomic mass is 10.2. The second-order valence-corrected chi connectivity index (χ2v) is 5.75. The summed E-state index contributed by atoms with van der Waals surface area (Å²) < 4.78 is 26.5. The Labute approximate surface area is 98.1 Å². The van der Waals surface area contributed by atoms with Gasteiger partial charge in [0.1, 0.15) is 0 Å². The van der Waals surface area contributed by atoms with E-state index in [0.29, 0.717) is 11.4 Å². The maximum atomic E-state index is 11.6. The quantitative estimate of drug-likeness (QED) is 0.677. The highest BCUT2D eigenvalue weighted by atomic mass is 127. The summed E-state index contributed by atoms with van der Waals surface area (Å²) in [6, 6.07) is 6.81. The molecular formula is C9H12INO2S. The molecule has 1 aromatic rings. The molecule has 0 fully saturated rings. The Bertz CT molecular complexity index is 386. The molecule has 0 bridgehead atoms. The van der Waals surface area contributed by atoms with Crippen LogP contribution >= 0.6 is 22.6 Å². The highest BCUT2D eigenvalue weighted by Gasteiger charge is 2.11. The van der Waals surface area contributed by atoms with Crippen LogP contribution in [0.3, 0.4) is 0 Å². The van der Waals surface area contributed by atoms with E-state index in [9.17, 15) is 8.42 Å². The van der Waals surface area contributed by atoms with Gasteiger partial charge >= 0.3 is 0 Å². The zero-order valence-corrected chi connectivity index (χ0v) is 10.8. The van der Waals surface area contributed by atoms with Crippen LogP contribution in [0.1, 0.15) is 5.56 Å². The maximum Gasteiger partial charge on any atom is 0.240 e. The second kappa shape index (κ2) is 5.09. The van der Waals surface area contributed by atoms with Crippen molar-refractivity contribution in [3.63, 3.8) is 0 Å². The molecule has 78 valence electrons. The first-order chi connectivity index (χ1) is 6.56. The number of halogens is 1. The van der Waals surface area contributed by atoms with E-state index in [1.165, 1.54) is 0 Å². The summed E-state index contributed by atoms with van der Waals surface area (Å²) in [5.41, 5.74) is 1.05. The molecule has 0 aliphatic rings. The number of hydrogen-bond acceptors (Lipinski definition) is 2. The second-order valence-electron chi connectivity index (χ2n) is 2.90. The van der Waals surface area contributed by atoms with E-state index in [2.05, 4.69) is 27.3 Å². The van der Waals surface area contributed by atoms with Gasteiger partial charge in [-0.2, -0.15) is 0 Å². The summed E-state index contributed by atoms with van der Waals surface area (Å²) in [4.78, 5) is 0.327. The van der Waals surface area contributed by atoms with Crippen molar-refractivity contribution in [2.75, 3.05) is 11.0 Å². The molecule has 0 aromatic heterocycles. The molecule has 0 aliphatic heterocycles. The average molecular weight is 325 g/mol.